The zero-order valence-electron chi connectivity index (χ0n) is 11.1. The third-order valence-electron chi connectivity index (χ3n) is 3.76. The highest BCUT2D eigenvalue weighted by atomic mass is 19.1. The zero-order chi connectivity index (χ0) is 13.9. The van der Waals surface area contributed by atoms with Gasteiger partial charge in [0.05, 0.1) is 0 Å². The third kappa shape index (κ3) is 2.68. The van der Waals surface area contributed by atoms with Crippen LogP contribution in [0, 0.1) is 5.82 Å². The lowest BCUT2D eigenvalue weighted by Gasteiger charge is -2.23. The van der Waals surface area contributed by atoms with Crippen molar-refractivity contribution in [2.75, 3.05) is 0 Å². The molecule has 2 atom stereocenters. The maximum absolute atomic E-state index is 12.9. The molecule has 1 N–H and O–H groups in total. The Labute approximate surface area is 117 Å². The fraction of sp³-hybridized carbons (Fsp3) is 0.294. The van der Waals surface area contributed by atoms with Gasteiger partial charge >= 0.3 is 0 Å². The van der Waals surface area contributed by atoms with Crippen molar-refractivity contribution in [3.8, 4) is 5.75 Å². The van der Waals surface area contributed by atoms with Gasteiger partial charge in [-0.1, -0.05) is 24.3 Å². The van der Waals surface area contributed by atoms with E-state index in [0.29, 0.717) is 5.75 Å². The Morgan fingerprint density at radius 3 is 2.60 bits per heavy atom. The Morgan fingerprint density at radius 2 is 1.80 bits per heavy atom. The van der Waals surface area contributed by atoms with E-state index in [9.17, 15) is 9.50 Å². The van der Waals surface area contributed by atoms with Crippen LogP contribution in [-0.2, 0) is 6.42 Å². The van der Waals surface area contributed by atoms with Crippen LogP contribution in [0.2, 0.25) is 0 Å². The fourth-order valence-corrected chi connectivity index (χ4v) is 2.71. The van der Waals surface area contributed by atoms with Gasteiger partial charge < -0.3 is 9.84 Å². The van der Waals surface area contributed by atoms with Gasteiger partial charge in [0, 0.05) is 0 Å². The highest BCUT2D eigenvalue weighted by Crippen LogP contribution is 2.31. The lowest BCUT2D eigenvalue weighted by molar-refractivity contribution is 0.0321. The number of halogens is 1. The number of fused-ring (bicyclic) bond motifs is 1. The normalized spacial score (nSPS) is 21.9. The van der Waals surface area contributed by atoms with Crippen LogP contribution >= 0.6 is 0 Å². The van der Waals surface area contributed by atoms with Crippen molar-refractivity contribution in [3.05, 3.63) is 65.5 Å². The van der Waals surface area contributed by atoms with Crippen LogP contribution in [0.25, 0.3) is 0 Å². The lowest BCUT2D eigenvalue weighted by Crippen LogP contribution is -2.24. The van der Waals surface area contributed by atoms with Gasteiger partial charge in [0.1, 0.15) is 23.8 Å². The standard InChI is InChI=1S/C17H17FO2/c18-13-8-10-14(11-9-13)20-16-7-3-5-12-4-1-2-6-15(12)17(16)19/h1-2,4,6,8-11,16-17,19H,3,5,7H2. The van der Waals surface area contributed by atoms with Crippen molar-refractivity contribution in [2.45, 2.75) is 31.5 Å². The lowest BCUT2D eigenvalue weighted by atomic mass is 10.0. The van der Waals surface area contributed by atoms with Crippen molar-refractivity contribution in [2.24, 2.45) is 0 Å². The average Bonchev–Trinajstić information content (AvgIpc) is 2.62. The first-order valence-electron chi connectivity index (χ1n) is 6.92. The molecule has 0 bridgehead atoms. The largest absolute Gasteiger partial charge is 0.487 e. The first kappa shape index (κ1) is 13.1. The van der Waals surface area contributed by atoms with E-state index in [1.165, 1.54) is 17.7 Å². The van der Waals surface area contributed by atoms with Gasteiger partial charge in [-0.05, 0) is 54.7 Å². The molecular formula is C17H17FO2. The van der Waals surface area contributed by atoms with Gasteiger partial charge in [-0.15, -0.1) is 0 Å². The molecule has 0 aliphatic heterocycles. The van der Waals surface area contributed by atoms with Crippen LogP contribution in [-0.4, -0.2) is 11.2 Å². The van der Waals surface area contributed by atoms with Crippen molar-refractivity contribution in [1.29, 1.82) is 0 Å². The number of rotatable bonds is 2. The minimum atomic E-state index is -0.640. The SMILES string of the molecule is OC1c2ccccc2CCCC1Oc1ccc(F)cc1. The first-order chi connectivity index (χ1) is 9.74. The summed E-state index contributed by atoms with van der Waals surface area (Å²) in [5, 5.41) is 10.5. The van der Waals surface area contributed by atoms with Crippen molar-refractivity contribution < 1.29 is 14.2 Å². The van der Waals surface area contributed by atoms with E-state index in [0.717, 1.165) is 24.8 Å². The van der Waals surface area contributed by atoms with E-state index in [1.807, 2.05) is 18.2 Å². The quantitative estimate of drug-likeness (QED) is 0.846. The minimum absolute atomic E-state index is 0.288. The summed E-state index contributed by atoms with van der Waals surface area (Å²) < 4.78 is 18.7. The van der Waals surface area contributed by atoms with Crippen molar-refractivity contribution in [1.82, 2.24) is 0 Å². The highest BCUT2D eigenvalue weighted by Gasteiger charge is 2.27. The molecule has 2 unspecified atom stereocenters. The molecule has 1 aliphatic rings. The maximum atomic E-state index is 12.9. The van der Waals surface area contributed by atoms with E-state index in [-0.39, 0.29) is 11.9 Å². The Morgan fingerprint density at radius 1 is 1.05 bits per heavy atom. The summed E-state index contributed by atoms with van der Waals surface area (Å²) in [4.78, 5) is 0. The van der Waals surface area contributed by atoms with E-state index >= 15 is 0 Å². The van der Waals surface area contributed by atoms with Gasteiger partial charge in [0.15, 0.2) is 0 Å². The van der Waals surface area contributed by atoms with Crippen molar-refractivity contribution >= 4 is 0 Å². The fourth-order valence-electron chi connectivity index (χ4n) is 2.71. The Bertz CT molecular complexity index is 580. The summed E-state index contributed by atoms with van der Waals surface area (Å²) in [6.45, 7) is 0. The van der Waals surface area contributed by atoms with Crippen LogP contribution < -0.4 is 4.74 Å². The van der Waals surface area contributed by atoms with Gasteiger partial charge in [-0.25, -0.2) is 4.39 Å². The number of aliphatic hydroxyl groups excluding tert-OH is 1. The summed E-state index contributed by atoms with van der Waals surface area (Å²) >= 11 is 0. The van der Waals surface area contributed by atoms with Crippen LogP contribution in [0.5, 0.6) is 5.75 Å². The Kier molecular flexibility index (Phi) is 3.70. The molecule has 0 saturated heterocycles. The summed E-state index contributed by atoms with van der Waals surface area (Å²) in [5.74, 6) is 0.305. The predicted octanol–water partition coefficient (Wildman–Crippen LogP) is 3.64. The summed E-state index contributed by atoms with van der Waals surface area (Å²) in [6, 6.07) is 13.9. The molecule has 3 heteroatoms. The van der Waals surface area contributed by atoms with E-state index in [1.54, 1.807) is 12.1 Å². The first-order valence-corrected chi connectivity index (χ1v) is 6.92. The summed E-state index contributed by atoms with van der Waals surface area (Å²) in [5.41, 5.74) is 2.13. The molecule has 0 amide bonds. The molecule has 0 heterocycles. The molecule has 104 valence electrons. The van der Waals surface area contributed by atoms with Crippen LogP contribution in [0.4, 0.5) is 4.39 Å². The Hall–Kier alpha value is -1.87. The molecule has 0 spiro atoms. The zero-order valence-corrected chi connectivity index (χ0v) is 11.1. The summed E-state index contributed by atoms with van der Waals surface area (Å²) in [6.07, 6.45) is 1.78. The van der Waals surface area contributed by atoms with Crippen LogP contribution in [0.3, 0.4) is 0 Å². The molecule has 2 nitrogen and oxygen atoms in total. The number of hydrogen-bond donors (Lipinski definition) is 1. The molecule has 0 radical (unpaired) electrons. The number of benzene rings is 2. The number of ether oxygens (including phenoxy) is 1. The molecule has 0 fully saturated rings. The summed E-state index contributed by atoms with van der Waals surface area (Å²) in [7, 11) is 0. The second-order valence-corrected chi connectivity index (χ2v) is 5.15. The van der Waals surface area contributed by atoms with Gasteiger partial charge in [0.2, 0.25) is 0 Å². The minimum Gasteiger partial charge on any atom is -0.487 e. The predicted molar refractivity (Wildman–Crippen MR) is 75.2 cm³/mol. The van der Waals surface area contributed by atoms with Gasteiger partial charge in [-0.3, -0.25) is 0 Å². The highest BCUT2D eigenvalue weighted by molar-refractivity contribution is 5.31. The molecule has 3 rings (SSSR count). The molecular weight excluding hydrogens is 255 g/mol. The van der Waals surface area contributed by atoms with E-state index in [4.69, 9.17) is 4.74 Å². The monoisotopic (exact) mass is 272 g/mol. The number of aryl methyl sites for hydroxylation is 1. The molecule has 0 aromatic heterocycles. The third-order valence-corrected chi connectivity index (χ3v) is 3.76. The second kappa shape index (κ2) is 5.63. The Balaban J connectivity index is 1.82. The van der Waals surface area contributed by atoms with Gasteiger partial charge in [0.25, 0.3) is 0 Å². The number of hydrogen-bond acceptors (Lipinski definition) is 2. The maximum Gasteiger partial charge on any atom is 0.129 e. The molecule has 1 aliphatic carbocycles. The van der Waals surface area contributed by atoms with E-state index < -0.39 is 6.10 Å². The molecule has 20 heavy (non-hydrogen) atoms. The topological polar surface area (TPSA) is 29.5 Å². The average molecular weight is 272 g/mol. The number of aliphatic hydroxyl groups is 1. The molecule has 0 saturated carbocycles. The molecule has 2 aromatic rings. The smallest absolute Gasteiger partial charge is 0.129 e. The molecule has 2 aromatic carbocycles. The van der Waals surface area contributed by atoms with Crippen molar-refractivity contribution in [3.63, 3.8) is 0 Å². The van der Waals surface area contributed by atoms with Crippen LogP contribution in [0.15, 0.2) is 48.5 Å². The van der Waals surface area contributed by atoms with Crippen LogP contribution in [0.1, 0.15) is 30.1 Å². The van der Waals surface area contributed by atoms with E-state index in [2.05, 4.69) is 6.07 Å². The second-order valence-electron chi connectivity index (χ2n) is 5.15. The van der Waals surface area contributed by atoms with Gasteiger partial charge in [-0.2, -0.15) is 0 Å².